The van der Waals surface area contributed by atoms with Crippen molar-refractivity contribution >= 4 is 17.9 Å². The zero-order chi connectivity index (χ0) is 24.8. The van der Waals surface area contributed by atoms with Crippen molar-refractivity contribution in [1.29, 1.82) is 0 Å². The second-order valence-electron chi connectivity index (χ2n) is 6.90. The van der Waals surface area contributed by atoms with Gasteiger partial charge in [0.15, 0.2) is 0 Å². The topological polar surface area (TPSA) is 140 Å². The Morgan fingerprint density at radius 1 is 0.576 bits per heavy atom. The maximum absolute atomic E-state index is 12.3. The molecule has 0 heterocycles. The smallest absolute Gasteiger partial charge is 0.336 e. The first-order valence-electron chi connectivity index (χ1n) is 10.4. The van der Waals surface area contributed by atoms with Gasteiger partial charge in [0.05, 0.1) is 55.3 Å². The van der Waals surface area contributed by atoms with Crippen molar-refractivity contribution in [2.75, 3.05) is 19.8 Å². The molecule has 0 saturated heterocycles. The van der Waals surface area contributed by atoms with Gasteiger partial charge in [-0.25, -0.2) is 14.4 Å². The third-order valence-corrected chi connectivity index (χ3v) is 4.88. The molecule has 0 radical (unpaired) electrons. The molecule has 0 atom stereocenters. The molecule has 33 heavy (non-hydrogen) atoms. The van der Waals surface area contributed by atoms with Crippen molar-refractivity contribution in [3.05, 3.63) is 71.9 Å². The van der Waals surface area contributed by atoms with Gasteiger partial charge in [0.1, 0.15) is 0 Å². The Balaban J connectivity index is 3.78. The number of rotatable bonds is 18. The molecule has 0 saturated carbocycles. The standard InChI is InChI=1S/C24H30O9/c1-4-31-13-7-10-16-17(11-8-14-32-5-2)20(23(27)28)21(24(29)30)18(19(16)22(25)26)12-9-15-33-6-3/h4-6H,1-3,7-15H2,(H,25,26)(H,27,28)(H,29,30). The van der Waals surface area contributed by atoms with E-state index < -0.39 is 29.0 Å². The van der Waals surface area contributed by atoms with Crippen LogP contribution in [0.5, 0.6) is 0 Å². The van der Waals surface area contributed by atoms with E-state index >= 15 is 0 Å². The minimum absolute atomic E-state index is 0.00734. The first-order valence-corrected chi connectivity index (χ1v) is 10.4. The van der Waals surface area contributed by atoms with Crippen molar-refractivity contribution < 1.29 is 43.9 Å². The third kappa shape index (κ3) is 7.71. The number of carboxylic acids is 3. The normalized spacial score (nSPS) is 10.2. The number of aromatic carboxylic acids is 3. The summed E-state index contributed by atoms with van der Waals surface area (Å²) < 4.78 is 15.3. The van der Waals surface area contributed by atoms with Crippen LogP contribution in [-0.2, 0) is 33.5 Å². The van der Waals surface area contributed by atoms with E-state index in [0.717, 1.165) is 0 Å². The van der Waals surface area contributed by atoms with Crippen LogP contribution in [-0.4, -0.2) is 53.0 Å². The Kier molecular flexibility index (Phi) is 11.9. The molecule has 1 aromatic carbocycles. The monoisotopic (exact) mass is 462 g/mol. The Morgan fingerprint density at radius 3 is 1.21 bits per heavy atom. The van der Waals surface area contributed by atoms with E-state index in [1.165, 1.54) is 18.8 Å². The van der Waals surface area contributed by atoms with Gasteiger partial charge in [-0.3, -0.25) is 0 Å². The maximum Gasteiger partial charge on any atom is 0.336 e. The van der Waals surface area contributed by atoms with E-state index in [4.69, 9.17) is 14.2 Å². The quantitative estimate of drug-likeness (QED) is 0.218. The summed E-state index contributed by atoms with van der Waals surface area (Å²) in [6, 6.07) is 0. The summed E-state index contributed by atoms with van der Waals surface area (Å²) >= 11 is 0. The van der Waals surface area contributed by atoms with Gasteiger partial charge >= 0.3 is 17.9 Å². The van der Waals surface area contributed by atoms with Crippen molar-refractivity contribution in [3.63, 3.8) is 0 Å². The highest BCUT2D eigenvalue weighted by Gasteiger charge is 2.32. The lowest BCUT2D eigenvalue weighted by Gasteiger charge is -2.22. The molecule has 9 nitrogen and oxygen atoms in total. The van der Waals surface area contributed by atoms with E-state index in [2.05, 4.69) is 19.7 Å². The van der Waals surface area contributed by atoms with Crippen LogP contribution in [0.2, 0.25) is 0 Å². The first-order chi connectivity index (χ1) is 15.8. The molecule has 1 rings (SSSR count). The molecule has 0 unspecified atom stereocenters. The SMILES string of the molecule is C=COCCCc1c(CCCOC=C)c(C(=O)O)c(C(=O)O)c(CCCOC=C)c1C(=O)O. The van der Waals surface area contributed by atoms with Crippen molar-refractivity contribution in [3.8, 4) is 0 Å². The van der Waals surface area contributed by atoms with Gasteiger partial charge in [-0.05, 0) is 55.2 Å². The van der Waals surface area contributed by atoms with E-state index in [0.29, 0.717) is 12.8 Å². The molecule has 0 fully saturated rings. The molecule has 0 aliphatic rings. The molecule has 0 aromatic heterocycles. The summed E-state index contributed by atoms with van der Waals surface area (Å²) in [5, 5.41) is 29.9. The molecule has 0 aliphatic carbocycles. The van der Waals surface area contributed by atoms with E-state index in [9.17, 15) is 29.7 Å². The van der Waals surface area contributed by atoms with Crippen LogP contribution in [0, 0.1) is 0 Å². The fourth-order valence-corrected chi connectivity index (χ4v) is 3.69. The second-order valence-corrected chi connectivity index (χ2v) is 6.90. The summed E-state index contributed by atoms with van der Waals surface area (Å²) in [7, 11) is 0. The summed E-state index contributed by atoms with van der Waals surface area (Å²) in [6.45, 7) is 11.0. The maximum atomic E-state index is 12.3. The highest BCUT2D eigenvalue weighted by Crippen LogP contribution is 2.32. The molecule has 1 aromatic rings. The average Bonchev–Trinajstić information content (AvgIpc) is 2.76. The average molecular weight is 462 g/mol. The molecule has 3 N–H and O–H groups in total. The number of benzene rings is 1. The zero-order valence-electron chi connectivity index (χ0n) is 18.5. The molecule has 180 valence electrons. The first kappa shape index (κ1) is 27.3. The Labute approximate surface area is 192 Å². The van der Waals surface area contributed by atoms with Gasteiger partial charge < -0.3 is 29.5 Å². The van der Waals surface area contributed by atoms with Crippen molar-refractivity contribution in [2.24, 2.45) is 0 Å². The van der Waals surface area contributed by atoms with E-state index in [1.807, 2.05) is 0 Å². The molecule has 0 bridgehead atoms. The van der Waals surface area contributed by atoms with E-state index in [1.54, 1.807) is 0 Å². The number of hydrogen-bond acceptors (Lipinski definition) is 6. The molecule has 9 heteroatoms. The largest absolute Gasteiger partial charge is 0.502 e. The van der Waals surface area contributed by atoms with Crippen LogP contribution in [0.15, 0.2) is 38.5 Å². The zero-order valence-corrected chi connectivity index (χ0v) is 18.5. The highest BCUT2D eigenvalue weighted by atomic mass is 16.5. The summed E-state index contributed by atoms with van der Waals surface area (Å²) in [5.41, 5.74) is -0.667. The van der Waals surface area contributed by atoms with Gasteiger partial charge in [-0.2, -0.15) is 0 Å². The van der Waals surface area contributed by atoms with Crippen LogP contribution in [0.4, 0.5) is 0 Å². The Morgan fingerprint density at radius 2 is 0.879 bits per heavy atom. The number of carbonyl (C=O) groups is 3. The van der Waals surface area contributed by atoms with Crippen LogP contribution < -0.4 is 0 Å². The Hall–Kier alpha value is -3.75. The molecular formula is C24H30O9. The van der Waals surface area contributed by atoms with Crippen LogP contribution >= 0.6 is 0 Å². The lowest BCUT2D eigenvalue weighted by Crippen LogP contribution is -2.23. The van der Waals surface area contributed by atoms with Crippen molar-refractivity contribution in [2.45, 2.75) is 38.5 Å². The lowest BCUT2D eigenvalue weighted by atomic mass is 9.81. The predicted molar refractivity (Wildman–Crippen MR) is 121 cm³/mol. The number of ether oxygens (including phenoxy) is 3. The van der Waals surface area contributed by atoms with Crippen LogP contribution in [0.3, 0.4) is 0 Å². The minimum Gasteiger partial charge on any atom is -0.502 e. The van der Waals surface area contributed by atoms with Crippen LogP contribution in [0.25, 0.3) is 0 Å². The van der Waals surface area contributed by atoms with Gasteiger partial charge in [-0.15, -0.1) is 0 Å². The second kappa shape index (κ2) is 14.3. The molecule has 0 amide bonds. The summed E-state index contributed by atoms with van der Waals surface area (Å²) in [5.74, 6) is -4.26. The van der Waals surface area contributed by atoms with Crippen LogP contribution in [0.1, 0.15) is 67.0 Å². The van der Waals surface area contributed by atoms with Gasteiger partial charge in [-0.1, -0.05) is 19.7 Å². The van der Waals surface area contributed by atoms with Gasteiger partial charge in [0.25, 0.3) is 0 Å². The minimum atomic E-state index is -1.50. The lowest BCUT2D eigenvalue weighted by molar-refractivity contribution is 0.0645. The van der Waals surface area contributed by atoms with E-state index in [-0.39, 0.29) is 67.8 Å². The molecule has 0 spiro atoms. The third-order valence-electron chi connectivity index (χ3n) is 4.88. The van der Waals surface area contributed by atoms with Crippen molar-refractivity contribution in [1.82, 2.24) is 0 Å². The summed E-state index contributed by atoms with van der Waals surface area (Å²) in [4.78, 5) is 36.7. The fourth-order valence-electron chi connectivity index (χ4n) is 3.69. The summed E-state index contributed by atoms with van der Waals surface area (Å²) in [6.07, 6.45) is 5.03. The number of carboxylic acid groups (broad SMARTS) is 3. The highest BCUT2D eigenvalue weighted by molar-refractivity contribution is 6.07. The fraction of sp³-hybridized carbons (Fsp3) is 0.375. The number of hydrogen-bond donors (Lipinski definition) is 3. The molecule has 0 aliphatic heterocycles. The predicted octanol–water partition coefficient (Wildman–Crippen LogP) is 4.06. The van der Waals surface area contributed by atoms with Gasteiger partial charge in [0, 0.05) is 0 Å². The van der Waals surface area contributed by atoms with Gasteiger partial charge in [0.2, 0.25) is 0 Å². The Bertz CT molecular complexity index is 887. The molecular weight excluding hydrogens is 432 g/mol.